The van der Waals surface area contributed by atoms with E-state index in [2.05, 4.69) is 18.5 Å². The van der Waals surface area contributed by atoms with E-state index in [9.17, 15) is 9.59 Å². The molecular formula is C21H32N2O3. The summed E-state index contributed by atoms with van der Waals surface area (Å²) in [6, 6.07) is 0. The maximum atomic E-state index is 12.2. The number of amides is 2. The third kappa shape index (κ3) is 8.12. The van der Waals surface area contributed by atoms with Crippen LogP contribution in [0.5, 0.6) is 0 Å². The van der Waals surface area contributed by atoms with Crippen LogP contribution < -0.4 is 10.8 Å². The van der Waals surface area contributed by atoms with Gasteiger partial charge in [-0.05, 0) is 43.6 Å². The van der Waals surface area contributed by atoms with Crippen LogP contribution in [0.25, 0.3) is 0 Å². The number of nitrogens with one attached hydrogen (secondary N) is 2. The lowest BCUT2D eigenvalue weighted by molar-refractivity contribution is -0.132. The summed E-state index contributed by atoms with van der Waals surface area (Å²) >= 11 is 0. The smallest absolute Gasteiger partial charge is 0.246 e. The SMILES string of the molecule is C=C/C(=C\C(=C/C)C(=C)/C=C(\C)CC(C)C(=O)NO)NC(=O)C(C)(C)C. The summed E-state index contributed by atoms with van der Waals surface area (Å²) in [5.74, 6) is -0.864. The fourth-order valence-corrected chi connectivity index (χ4v) is 2.12. The molecule has 0 saturated carbocycles. The molecule has 0 radical (unpaired) electrons. The molecule has 5 nitrogen and oxygen atoms in total. The maximum absolute atomic E-state index is 12.2. The molecule has 0 aliphatic heterocycles. The van der Waals surface area contributed by atoms with Crippen molar-refractivity contribution in [1.82, 2.24) is 10.8 Å². The van der Waals surface area contributed by atoms with Gasteiger partial charge in [-0.25, -0.2) is 5.48 Å². The van der Waals surface area contributed by atoms with E-state index in [1.165, 1.54) is 0 Å². The Morgan fingerprint density at radius 1 is 1.23 bits per heavy atom. The second-order valence-corrected chi connectivity index (χ2v) is 7.35. The van der Waals surface area contributed by atoms with E-state index in [1.54, 1.807) is 18.5 Å². The molecule has 0 spiro atoms. The van der Waals surface area contributed by atoms with E-state index in [1.807, 2.05) is 52.8 Å². The molecule has 0 aromatic carbocycles. The predicted molar refractivity (Wildman–Crippen MR) is 106 cm³/mol. The maximum Gasteiger partial charge on any atom is 0.246 e. The van der Waals surface area contributed by atoms with Crippen LogP contribution in [0, 0.1) is 11.3 Å². The van der Waals surface area contributed by atoms with Crippen molar-refractivity contribution in [2.75, 3.05) is 0 Å². The molecular weight excluding hydrogens is 328 g/mol. The van der Waals surface area contributed by atoms with Gasteiger partial charge in [-0.15, -0.1) is 0 Å². The molecule has 0 bridgehead atoms. The standard InChI is InChI=1S/C21H32N2O3/c1-9-17(13-18(10-2)22-20(25)21(6,7)8)15(4)11-14(3)12-16(5)19(24)23-26/h9-11,13,16,26H,2,4,12H2,1,3,5-8H3,(H,22,25)(H,23,24)/b14-11+,17-9+,18-13+. The van der Waals surface area contributed by atoms with Gasteiger partial charge in [-0.2, -0.15) is 0 Å². The first-order chi connectivity index (χ1) is 12.0. The highest BCUT2D eigenvalue weighted by molar-refractivity contribution is 5.83. The monoisotopic (exact) mass is 360 g/mol. The van der Waals surface area contributed by atoms with Crippen LogP contribution in [-0.4, -0.2) is 17.0 Å². The van der Waals surface area contributed by atoms with Gasteiger partial charge in [0.25, 0.3) is 0 Å². The summed E-state index contributed by atoms with van der Waals surface area (Å²) in [5.41, 5.74) is 4.30. The molecule has 5 heteroatoms. The third-order valence-corrected chi connectivity index (χ3v) is 3.76. The topological polar surface area (TPSA) is 78.4 Å². The Morgan fingerprint density at radius 2 is 1.81 bits per heavy atom. The molecule has 3 N–H and O–H groups in total. The minimum Gasteiger partial charge on any atom is -0.326 e. The minimum atomic E-state index is -0.505. The number of carbonyl (C=O) groups is 2. The lowest BCUT2D eigenvalue weighted by Gasteiger charge is -2.18. The van der Waals surface area contributed by atoms with Crippen LogP contribution in [-0.2, 0) is 9.59 Å². The van der Waals surface area contributed by atoms with E-state index >= 15 is 0 Å². The van der Waals surface area contributed by atoms with Gasteiger partial charge in [0.15, 0.2) is 0 Å². The summed E-state index contributed by atoms with van der Waals surface area (Å²) in [7, 11) is 0. The van der Waals surface area contributed by atoms with Crippen molar-refractivity contribution >= 4 is 11.8 Å². The zero-order valence-electron chi connectivity index (χ0n) is 16.8. The van der Waals surface area contributed by atoms with Gasteiger partial charge in [0.2, 0.25) is 11.8 Å². The van der Waals surface area contributed by atoms with E-state index in [4.69, 9.17) is 5.21 Å². The molecule has 0 aromatic heterocycles. The lowest BCUT2D eigenvalue weighted by Crippen LogP contribution is -2.33. The highest BCUT2D eigenvalue weighted by Crippen LogP contribution is 2.19. The van der Waals surface area contributed by atoms with Gasteiger partial charge >= 0.3 is 0 Å². The first kappa shape index (κ1) is 23.6. The fraction of sp³-hybridized carbons (Fsp3) is 0.429. The summed E-state index contributed by atoms with van der Waals surface area (Å²) in [6.45, 7) is 18.9. The Hall–Kier alpha value is -2.40. The average Bonchev–Trinajstić information content (AvgIpc) is 2.55. The summed E-state index contributed by atoms with van der Waals surface area (Å²) in [6.07, 6.45) is 7.68. The Kier molecular flexibility index (Phi) is 9.58. The Bertz CT molecular complexity index is 647. The second-order valence-electron chi connectivity index (χ2n) is 7.35. The van der Waals surface area contributed by atoms with Crippen LogP contribution in [0.3, 0.4) is 0 Å². The van der Waals surface area contributed by atoms with Crippen molar-refractivity contribution in [2.45, 2.75) is 48.0 Å². The molecule has 0 fully saturated rings. The second kappa shape index (κ2) is 10.6. The molecule has 0 aromatic rings. The zero-order chi connectivity index (χ0) is 20.5. The Balaban J connectivity index is 5.29. The van der Waals surface area contributed by atoms with Crippen molar-refractivity contribution in [3.05, 3.63) is 59.9 Å². The number of carbonyl (C=O) groups excluding carboxylic acids is 2. The summed E-state index contributed by atoms with van der Waals surface area (Å²) in [4.78, 5) is 23.6. The number of hydrogen-bond acceptors (Lipinski definition) is 3. The summed E-state index contributed by atoms with van der Waals surface area (Å²) in [5, 5.41) is 11.5. The van der Waals surface area contributed by atoms with Crippen molar-refractivity contribution < 1.29 is 14.8 Å². The minimum absolute atomic E-state index is 0.0970. The molecule has 0 heterocycles. The molecule has 0 aliphatic rings. The zero-order valence-corrected chi connectivity index (χ0v) is 16.8. The molecule has 0 saturated heterocycles. The molecule has 1 atom stereocenters. The number of rotatable bonds is 8. The lowest BCUT2D eigenvalue weighted by atomic mass is 9.95. The predicted octanol–water partition coefficient (Wildman–Crippen LogP) is 4.20. The normalized spacial score (nSPS) is 14.5. The van der Waals surface area contributed by atoms with E-state index in [0.29, 0.717) is 12.1 Å². The highest BCUT2D eigenvalue weighted by Gasteiger charge is 2.21. The first-order valence-electron chi connectivity index (χ1n) is 8.58. The van der Waals surface area contributed by atoms with Gasteiger partial charge < -0.3 is 5.32 Å². The molecule has 1 unspecified atom stereocenters. The van der Waals surface area contributed by atoms with Crippen LogP contribution in [0.1, 0.15) is 48.0 Å². The van der Waals surface area contributed by atoms with Crippen LogP contribution in [0.2, 0.25) is 0 Å². The van der Waals surface area contributed by atoms with Gasteiger partial charge in [0, 0.05) is 17.0 Å². The third-order valence-electron chi connectivity index (χ3n) is 3.76. The van der Waals surface area contributed by atoms with E-state index in [0.717, 1.165) is 16.7 Å². The Labute approximate surface area is 157 Å². The van der Waals surface area contributed by atoms with Crippen molar-refractivity contribution in [1.29, 1.82) is 0 Å². The van der Waals surface area contributed by atoms with Crippen molar-refractivity contribution in [2.24, 2.45) is 11.3 Å². The fourth-order valence-electron chi connectivity index (χ4n) is 2.12. The largest absolute Gasteiger partial charge is 0.326 e. The number of hydroxylamine groups is 1. The first-order valence-corrected chi connectivity index (χ1v) is 8.58. The quantitative estimate of drug-likeness (QED) is 0.345. The van der Waals surface area contributed by atoms with Gasteiger partial charge in [0.1, 0.15) is 0 Å². The van der Waals surface area contributed by atoms with E-state index in [-0.39, 0.29) is 11.8 Å². The number of allylic oxidation sites excluding steroid dienone is 7. The van der Waals surface area contributed by atoms with Gasteiger partial charge in [-0.3, -0.25) is 14.8 Å². The molecule has 0 aliphatic carbocycles. The Morgan fingerprint density at radius 3 is 2.23 bits per heavy atom. The van der Waals surface area contributed by atoms with Gasteiger partial charge in [-0.1, -0.05) is 58.6 Å². The van der Waals surface area contributed by atoms with Gasteiger partial charge in [0.05, 0.1) is 0 Å². The van der Waals surface area contributed by atoms with Crippen LogP contribution in [0.4, 0.5) is 0 Å². The van der Waals surface area contributed by atoms with Crippen LogP contribution >= 0.6 is 0 Å². The summed E-state index contributed by atoms with van der Waals surface area (Å²) < 4.78 is 0. The van der Waals surface area contributed by atoms with Crippen molar-refractivity contribution in [3.8, 4) is 0 Å². The molecule has 2 amide bonds. The van der Waals surface area contributed by atoms with Crippen molar-refractivity contribution in [3.63, 3.8) is 0 Å². The van der Waals surface area contributed by atoms with E-state index < -0.39 is 11.3 Å². The highest BCUT2D eigenvalue weighted by atomic mass is 16.5. The molecule has 26 heavy (non-hydrogen) atoms. The molecule has 0 rings (SSSR count). The average molecular weight is 360 g/mol. The van der Waals surface area contributed by atoms with Crippen LogP contribution in [0.15, 0.2) is 59.9 Å². The number of hydrogen-bond donors (Lipinski definition) is 3. The molecule has 144 valence electrons.